The van der Waals surface area contributed by atoms with Gasteiger partial charge in [-0.1, -0.05) is 54.6 Å². The van der Waals surface area contributed by atoms with Crippen molar-refractivity contribution in [2.45, 2.75) is 11.3 Å². The summed E-state index contributed by atoms with van der Waals surface area (Å²) in [5, 5.41) is 1.39. The molecule has 0 atom stereocenters. The van der Waals surface area contributed by atoms with Crippen molar-refractivity contribution in [3.8, 4) is 0 Å². The van der Waals surface area contributed by atoms with E-state index in [2.05, 4.69) is 4.72 Å². The molecule has 0 aliphatic carbocycles. The van der Waals surface area contributed by atoms with Crippen LogP contribution in [0.3, 0.4) is 0 Å². The van der Waals surface area contributed by atoms with E-state index in [1.54, 1.807) is 30.3 Å². The lowest BCUT2D eigenvalue weighted by molar-refractivity contribution is 0.582. The molecule has 0 aromatic heterocycles. The summed E-state index contributed by atoms with van der Waals surface area (Å²) >= 11 is 0. The van der Waals surface area contributed by atoms with Crippen LogP contribution in [0.4, 0.5) is 5.69 Å². The predicted molar refractivity (Wildman–Crippen MR) is 101 cm³/mol. The minimum Gasteiger partial charge on any atom is -0.398 e. The Morgan fingerprint density at radius 3 is 2.25 bits per heavy atom. The summed E-state index contributed by atoms with van der Waals surface area (Å²) in [6.07, 6.45) is 0.646. The molecule has 0 unspecified atom stereocenters. The third-order valence-electron chi connectivity index (χ3n) is 3.75. The molecular formula is C18H19ClN2O2S. The van der Waals surface area contributed by atoms with Crippen LogP contribution in [-0.4, -0.2) is 15.0 Å². The number of sulfonamides is 1. The molecule has 0 aliphatic rings. The van der Waals surface area contributed by atoms with Crippen molar-refractivity contribution >= 4 is 38.9 Å². The zero-order valence-electron chi connectivity index (χ0n) is 13.0. The van der Waals surface area contributed by atoms with Gasteiger partial charge in [0.15, 0.2) is 0 Å². The van der Waals surface area contributed by atoms with Crippen molar-refractivity contribution < 1.29 is 8.42 Å². The van der Waals surface area contributed by atoms with Crippen LogP contribution in [-0.2, 0) is 16.4 Å². The zero-order valence-corrected chi connectivity index (χ0v) is 14.6. The predicted octanol–water partition coefficient (Wildman–Crippen LogP) is 3.36. The molecule has 6 heteroatoms. The second kappa shape index (κ2) is 7.66. The lowest BCUT2D eigenvalue weighted by atomic mass is 10.1. The van der Waals surface area contributed by atoms with E-state index in [0.29, 0.717) is 24.0 Å². The fraction of sp³-hybridized carbons (Fsp3) is 0.111. The van der Waals surface area contributed by atoms with E-state index < -0.39 is 10.0 Å². The van der Waals surface area contributed by atoms with Crippen LogP contribution in [0.5, 0.6) is 0 Å². The van der Waals surface area contributed by atoms with Gasteiger partial charge in [0.05, 0.1) is 4.90 Å². The number of nitrogen functional groups attached to an aromatic ring is 1. The average molecular weight is 363 g/mol. The van der Waals surface area contributed by atoms with E-state index in [-0.39, 0.29) is 17.3 Å². The Morgan fingerprint density at radius 2 is 1.50 bits per heavy atom. The standard InChI is InChI=1S/C18H18N2O2S.ClH/c19-17-10-4-9-16-15(17)8-5-11-18(16)23(21,22)20-13-12-14-6-2-1-3-7-14;/h1-11,20H,12-13,19H2;1H. The van der Waals surface area contributed by atoms with Gasteiger partial charge in [-0.2, -0.15) is 0 Å². The van der Waals surface area contributed by atoms with E-state index >= 15 is 0 Å². The van der Waals surface area contributed by atoms with E-state index in [0.717, 1.165) is 10.9 Å². The van der Waals surface area contributed by atoms with Crippen LogP contribution in [0.15, 0.2) is 71.6 Å². The van der Waals surface area contributed by atoms with Gasteiger partial charge in [-0.3, -0.25) is 0 Å². The number of rotatable bonds is 5. The van der Waals surface area contributed by atoms with Gasteiger partial charge in [-0.15, -0.1) is 12.4 Å². The second-order valence-corrected chi connectivity index (χ2v) is 7.07. The molecule has 0 saturated heterocycles. The highest BCUT2D eigenvalue weighted by Crippen LogP contribution is 2.26. The molecule has 0 amide bonds. The molecule has 3 aromatic rings. The first-order chi connectivity index (χ1) is 11.1. The maximum absolute atomic E-state index is 12.6. The Bertz CT molecular complexity index is 928. The van der Waals surface area contributed by atoms with Crippen LogP contribution in [0, 0.1) is 0 Å². The summed E-state index contributed by atoms with van der Waals surface area (Å²) in [5.41, 5.74) is 7.60. The Balaban J connectivity index is 0.00000208. The fourth-order valence-electron chi connectivity index (χ4n) is 2.59. The molecule has 4 nitrogen and oxygen atoms in total. The van der Waals surface area contributed by atoms with Gasteiger partial charge >= 0.3 is 0 Å². The number of fused-ring (bicyclic) bond motifs is 1. The molecule has 126 valence electrons. The first-order valence-electron chi connectivity index (χ1n) is 7.39. The van der Waals surface area contributed by atoms with Crippen molar-refractivity contribution in [3.63, 3.8) is 0 Å². The van der Waals surface area contributed by atoms with E-state index in [9.17, 15) is 8.42 Å². The Hall–Kier alpha value is -2.08. The van der Waals surface area contributed by atoms with Crippen molar-refractivity contribution in [1.82, 2.24) is 4.72 Å². The first kappa shape index (κ1) is 18.3. The molecule has 3 aromatic carbocycles. The van der Waals surface area contributed by atoms with Crippen LogP contribution in [0.25, 0.3) is 10.8 Å². The number of hydrogen-bond donors (Lipinski definition) is 2. The minimum absolute atomic E-state index is 0. The number of halogens is 1. The molecule has 0 fully saturated rings. The fourth-order valence-corrected chi connectivity index (χ4v) is 3.84. The highest BCUT2D eigenvalue weighted by molar-refractivity contribution is 7.89. The molecule has 3 N–H and O–H groups in total. The first-order valence-corrected chi connectivity index (χ1v) is 8.87. The Labute approximate surface area is 148 Å². The van der Waals surface area contributed by atoms with Crippen molar-refractivity contribution in [3.05, 3.63) is 72.3 Å². The summed E-state index contributed by atoms with van der Waals surface area (Å²) in [5.74, 6) is 0. The summed E-state index contributed by atoms with van der Waals surface area (Å²) in [7, 11) is -3.58. The normalized spacial score (nSPS) is 11.2. The van der Waals surface area contributed by atoms with Gasteiger partial charge < -0.3 is 5.73 Å². The van der Waals surface area contributed by atoms with Gasteiger partial charge in [-0.25, -0.2) is 13.1 Å². The Morgan fingerprint density at radius 1 is 0.833 bits per heavy atom. The van der Waals surface area contributed by atoms with Crippen molar-refractivity contribution in [2.24, 2.45) is 0 Å². The van der Waals surface area contributed by atoms with Gasteiger partial charge in [0.1, 0.15) is 0 Å². The molecule has 0 spiro atoms. The lowest BCUT2D eigenvalue weighted by Crippen LogP contribution is -2.26. The van der Waals surface area contributed by atoms with Crippen LogP contribution in [0.2, 0.25) is 0 Å². The molecule has 0 radical (unpaired) electrons. The maximum atomic E-state index is 12.6. The maximum Gasteiger partial charge on any atom is 0.241 e. The molecule has 0 heterocycles. The third kappa shape index (κ3) is 3.87. The quantitative estimate of drug-likeness (QED) is 0.683. The van der Waals surface area contributed by atoms with E-state index in [1.165, 1.54) is 0 Å². The summed E-state index contributed by atoms with van der Waals surface area (Å²) in [6, 6.07) is 20.2. The van der Waals surface area contributed by atoms with E-state index in [1.807, 2.05) is 36.4 Å². The smallest absolute Gasteiger partial charge is 0.241 e. The largest absolute Gasteiger partial charge is 0.398 e. The molecule has 0 saturated carbocycles. The minimum atomic E-state index is -3.58. The van der Waals surface area contributed by atoms with Crippen molar-refractivity contribution in [1.29, 1.82) is 0 Å². The summed E-state index contributed by atoms with van der Waals surface area (Å²) < 4.78 is 27.9. The molecule has 0 bridgehead atoms. The highest BCUT2D eigenvalue weighted by Gasteiger charge is 2.17. The Kier molecular flexibility index (Phi) is 5.83. The van der Waals surface area contributed by atoms with Crippen molar-refractivity contribution in [2.75, 3.05) is 12.3 Å². The SMILES string of the molecule is Cl.Nc1cccc2c(S(=O)(=O)NCCc3ccccc3)cccc12. The van der Waals surface area contributed by atoms with Crippen LogP contribution < -0.4 is 10.5 Å². The molecule has 0 aliphatic heterocycles. The lowest BCUT2D eigenvalue weighted by Gasteiger charge is -2.10. The third-order valence-corrected chi connectivity index (χ3v) is 5.27. The van der Waals surface area contributed by atoms with Crippen LogP contribution in [0.1, 0.15) is 5.56 Å². The zero-order chi connectivity index (χ0) is 16.3. The summed E-state index contributed by atoms with van der Waals surface area (Å²) in [4.78, 5) is 0.260. The monoisotopic (exact) mass is 362 g/mol. The molecule has 24 heavy (non-hydrogen) atoms. The second-order valence-electron chi connectivity index (χ2n) is 5.33. The number of hydrogen-bond acceptors (Lipinski definition) is 3. The molecular weight excluding hydrogens is 344 g/mol. The van der Waals surface area contributed by atoms with Gasteiger partial charge in [0.25, 0.3) is 0 Å². The van der Waals surface area contributed by atoms with Crippen LogP contribution >= 0.6 is 12.4 Å². The topological polar surface area (TPSA) is 72.2 Å². The van der Waals surface area contributed by atoms with Gasteiger partial charge in [0.2, 0.25) is 10.0 Å². The number of nitrogens with two attached hydrogens (primary N) is 1. The van der Waals surface area contributed by atoms with E-state index in [4.69, 9.17) is 5.73 Å². The van der Waals surface area contributed by atoms with Gasteiger partial charge in [0, 0.05) is 23.0 Å². The van der Waals surface area contributed by atoms with Gasteiger partial charge in [-0.05, 0) is 24.1 Å². The highest BCUT2D eigenvalue weighted by atomic mass is 35.5. The number of benzene rings is 3. The summed E-state index contributed by atoms with van der Waals surface area (Å²) in [6.45, 7) is 0.352. The number of nitrogens with one attached hydrogen (secondary N) is 1. The average Bonchev–Trinajstić information content (AvgIpc) is 2.55. The molecule has 3 rings (SSSR count). The number of anilines is 1.